The van der Waals surface area contributed by atoms with Crippen molar-refractivity contribution in [2.45, 2.75) is 20.4 Å². The summed E-state index contributed by atoms with van der Waals surface area (Å²) in [6.45, 7) is 4.34. The molecule has 0 saturated heterocycles. The van der Waals surface area contributed by atoms with E-state index < -0.39 is 0 Å². The fourth-order valence-corrected chi connectivity index (χ4v) is 1.98. The Hall–Kier alpha value is -2.57. The Balaban J connectivity index is 2.32. The molecule has 0 saturated carbocycles. The standard InChI is InChI=1S/C13H17N5O2/c1-8-15-9(2)18(16-8)7-10-4-5-11(13(14)17-19)12(6-10)20-3/h4-6,19H,7H2,1-3H3,(H2,14,17). The van der Waals surface area contributed by atoms with Gasteiger partial charge in [0.05, 0.1) is 19.2 Å². The normalized spacial score (nSPS) is 11.7. The van der Waals surface area contributed by atoms with Crippen LogP contribution in [-0.2, 0) is 6.54 Å². The molecular formula is C13H17N5O2. The van der Waals surface area contributed by atoms with E-state index in [0.29, 0.717) is 17.9 Å². The topological polar surface area (TPSA) is 98.5 Å². The predicted molar refractivity (Wildman–Crippen MR) is 74.1 cm³/mol. The number of methoxy groups -OCH3 is 1. The minimum Gasteiger partial charge on any atom is -0.496 e. The summed E-state index contributed by atoms with van der Waals surface area (Å²) >= 11 is 0. The summed E-state index contributed by atoms with van der Waals surface area (Å²) in [5.41, 5.74) is 7.13. The maximum absolute atomic E-state index is 8.74. The number of nitrogens with two attached hydrogens (primary N) is 1. The third-order valence-electron chi connectivity index (χ3n) is 2.94. The highest BCUT2D eigenvalue weighted by molar-refractivity contribution is 5.99. The van der Waals surface area contributed by atoms with E-state index in [1.165, 1.54) is 7.11 Å². The first kappa shape index (κ1) is 13.9. The molecule has 0 fully saturated rings. The van der Waals surface area contributed by atoms with Gasteiger partial charge in [-0.25, -0.2) is 9.67 Å². The zero-order valence-electron chi connectivity index (χ0n) is 11.7. The smallest absolute Gasteiger partial charge is 0.173 e. The van der Waals surface area contributed by atoms with Gasteiger partial charge in [0.1, 0.15) is 17.4 Å². The van der Waals surface area contributed by atoms with Crippen LogP contribution in [0.4, 0.5) is 0 Å². The van der Waals surface area contributed by atoms with Crippen molar-refractivity contribution in [3.05, 3.63) is 41.0 Å². The molecule has 1 aromatic carbocycles. The lowest BCUT2D eigenvalue weighted by molar-refractivity contribution is 0.318. The molecule has 0 amide bonds. The fourth-order valence-electron chi connectivity index (χ4n) is 1.98. The van der Waals surface area contributed by atoms with E-state index in [1.807, 2.05) is 30.7 Å². The Labute approximate surface area is 116 Å². The summed E-state index contributed by atoms with van der Waals surface area (Å²) in [6, 6.07) is 5.47. The highest BCUT2D eigenvalue weighted by Crippen LogP contribution is 2.20. The first-order valence-electron chi connectivity index (χ1n) is 6.08. The second kappa shape index (κ2) is 5.60. The molecule has 20 heavy (non-hydrogen) atoms. The van der Waals surface area contributed by atoms with Gasteiger partial charge in [0.2, 0.25) is 0 Å². The molecule has 106 valence electrons. The lowest BCUT2D eigenvalue weighted by atomic mass is 10.1. The maximum atomic E-state index is 8.74. The van der Waals surface area contributed by atoms with Gasteiger partial charge in [-0.2, -0.15) is 5.10 Å². The van der Waals surface area contributed by atoms with Gasteiger partial charge in [-0.15, -0.1) is 0 Å². The van der Waals surface area contributed by atoms with Gasteiger partial charge in [0.15, 0.2) is 5.84 Å². The number of amidine groups is 1. The van der Waals surface area contributed by atoms with Crippen LogP contribution in [0.25, 0.3) is 0 Å². The summed E-state index contributed by atoms with van der Waals surface area (Å²) < 4.78 is 7.08. The average Bonchev–Trinajstić information content (AvgIpc) is 2.75. The average molecular weight is 275 g/mol. The van der Waals surface area contributed by atoms with Gasteiger partial charge in [0.25, 0.3) is 0 Å². The largest absolute Gasteiger partial charge is 0.496 e. The van der Waals surface area contributed by atoms with Crippen molar-refractivity contribution in [3.8, 4) is 5.75 Å². The molecule has 0 aliphatic heterocycles. The number of ether oxygens (including phenoxy) is 1. The van der Waals surface area contributed by atoms with Crippen molar-refractivity contribution in [1.29, 1.82) is 0 Å². The molecule has 1 heterocycles. The van der Waals surface area contributed by atoms with Crippen molar-refractivity contribution in [3.63, 3.8) is 0 Å². The molecule has 2 aromatic rings. The molecular weight excluding hydrogens is 258 g/mol. The van der Waals surface area contributed by atoms with Crippen LogP contribution in [0.1, 0.15) is 22.8 Å². The van der Waals surface area contributed by atoms with Crippen LogP contribution in [0, 0.1) is 13.8 Å². The van der Waals surface area contributed by atoms with Crippen molar-refractivity contribution in [2.24, 2.45) is 10.9 Å². The Kier molecular flexibility index (Phi) is 3.88. The van der Waals surface area contributed by atoms with Crippen LogP contribution >= 0.6 is 0 Å². The lowest BCUT2D eigenvalue weighted by Gasteiger charge is -2.10. The summed E-state index contributed by atoms with van der Waals surface area (Å²) in [5.74, 6) is 2.15. The SMILES string of the molecule is COc1cc(Cn2nc(C)nc2C)ccc1/C(N)=N/O. The van der Waals surface area contributed by atoms with Gasteiger partial charge in [0, 0.05) is 0 Å². The third kappa shape index (κ3) is 2.71. The number of nitrogens with zero attached hydrogens (tertiary/aromatic N) is 4. The number of oxime groups is 1. The highest BCUT2D eigenvalue weighted by Gasteiger charge is 2.10. The summed E-state index contributed by atoms with van der Waals surface area (Å²) in [4.78, 5) is 4.26. The zero-order chi connectivity index (χ0) is 14.7. The number of aromatic nitrogens is 3. The Morgan fingerprint density at radius 1 is 1.45 bits per heavy atom. The molecule has 1 aromatic heterocycles. The van der Waals surface area contributed by atoms with Crippen molar-refractivity contribution >= 4 is 5.84 Å². The van der Waals surface area contributed by atoms with Crippen molar-refractivity contribution in [2.75, 3.05) is 7.11 Å². The van der Waals surface area contributed by atoms with E-state index >= 15 is 0 Å². The van der Waals surface area contributed by atoms with Gasteiger partial charge in [-0.05, 0) is 31.5 Å². The number of aryl methyl sites for hydroxylation is 2. The van der Waals surface area contributed by atoms with E-state index in [2.05, 4.69) is 15.2 Å². The second-order valence-electron chi connectivity index (χ2n) is 4.38. The first-order valence-corrected chi connectivity index (χ1v) is 6.08. The molecule has 0 bridgehead atoms. The first-order chi connectivity index (χ1) is 9.55. The van der Waals surface area contributed by atoms with Crippen molar-refractivity contribution < 1.29 is 9.94 Å². The molecule has 7 nitrogen and oxygen atoms in total. The Morgan fingerprint density at radius 3 is 2.75 bits per heavy atom. The molecule has 7 heteroatoms. The van der Waals surface area contributed by atoms with Crippen LogP contribution in [0.15, 0.2) is 23.4 Å². The summed E-state index contributed by atoms with van der Waals surface area (Å²) in [6.07, 6.45) is 0. The van der Waals surface area contributed by atoms with Crippen LogP contribution < -0.4 is 10.5 Å². The maximum Gasteiger partial charge on any atom is 0.173 e. The van der Waals surface area contributed by atoms with E-state index in [-0.39, 0.29) is 5.84 Å². The fraction of sp³-hybridized carbons (Fsp3) is 0.308. The van der Waals surface area contributed by atoms with Crippen molar-refractivity contribution in [1.82, 2.24) is 14.8 Å². The number of rotatable bonds is 4. The van der Waals surface area contributed by atoms with E-state index in [1.54, 1.807) is 6.07 Å². The molecule has 3 N–H and O–H groups in total. The van der Waals surface area contributed by atoms with Crippen LogP contribution in [0.5, 0.6) is 5.75 Å². The Bertz CT molecular complexity index is 648. The van der Waals surface area contributed by atoms with Gasteiger partial charge in [-0.1, -0.05) is 11.2 Å². The monoisotopic (exact) mass is 275 g/mol. The Morgan fingerprint density at radius 2 is 2.20 bits per heavy atom. The molecule has 0 atom stereocenters. The van der Waals surface area contributed by atoms with Gasteiger partial charge >= 0.3 is 0 Å². The van der Waals surface area contributed by atoms with Crippen LogP contribution in [-0.4, -0.2) is 32.9 Å². The van der Waals surface area contributed by atoms with Gasteiger partial charge in [-0.3, -0.25) is 0 Å². The third-order valence-corrected chi connectivity index (χ3v) is 2.94. The van der Waals surface area contributed by atoms with E-state index in [9.17, 15) is 0 Å². The highest BCUT2D eigenvalue weighted by atomic mass is 16.5. The molecule has 0 spiro atoms. The quantitative estimate of drug-likeness (QED) is 0.376. The second-order valence-corrected chi connectivity index (χ2v) is 4.38. The summed E-state index contributed by atoms with van der Waals surface area (Å²) in [5, 5.41) is 16.0. The van der Waals surface area contributed by atoms with Crippen LogP contribution in [0.3, 0.4) is 0 Å². The molecule has 2 rings (SSSR count). The summed E-state index contributed by atoms with van der Waals surface area (Å²) in [7, 11) is 1.54. The lowest BCUT2D eigenvalue weighted by Crippen LogP contribution is -2.15. The van der Waals surface area contributed by atoms with Gasteiger partial charge < -0.3 is 15.7 Å². The molecule has 0 radical (unpaired) electrons. The minimum atomic E-state index is 0.0150. The molecule has 0 unspecified atom stereocenters. The number of benzene rings is 1. The van der Waals surface area contributed by atoms with Crippen LogP contribution in [0.2, 0.25) is 0 Å². The number of hydrogen-bond donors (Lipinski definition) is 2. The molecule has 0 aliphatic carbocycles. The molecule has 0 aliphatic rings. The number of hydrogen-bond acceptors (Lipinski definition) is 5. The minimum absolute atomic E-state index is 0.0150. The predicted octanol–water partition coefficient (Wildman–Crippen LogP) is 1.05. The zero-order valence-corrected chi connectivity index (χ0v) is 11.7. The van der Waals surface area contributed by atoms with E-state index in [4.69, 9.17) is 15.7 Å². The van der Waals surface area contributed by atoms with E-state index in [0.717, 1.165) is 17.2 Å².